The minimum Gasteiger partial charge on any atom is -0.495 e. The Kier molecular flexibility index (Phi) is 5.43. The van der Waals surface area contributed by atoms with Crippen molar-refractivity contribution in [3.8, 4) is 5.75 Å². The van der Waals surface area contributed by atoms with Crippen LogP contribution in [0.25, 0.3) is 0 Å². The summed E-state index contributed by atoms with van der Waals surface area (Å²) < 4.78 is 5.16. The van der Waals surface area contributed by atoms with Crippen LogP contribution in [-0.4, -0.2) is 35.4 Å². The van der Waals surface area contributed by atoms with E-state index in [1.54, 1.807) is 25.4 Å². The molecule has 0 spiro atoms. The molecule has 1 aliphatic rings. The summed E-state index contributed by atoms with van der Waals surface area (Å²) in [7, 11) is 1.58. The van der Waals surface area contributed by atoms with Gasteiger partial charge in [-0.05, 0) is 55.3 Å². The van der Waals surface area contributed by atoms with Crippen LogP contribution < -0.4 is 20.3 Å². The summed E-state index contributed by atoms with van der Waals surface area (Å²) in [6, 6.07) is 13.7. The Labute approximate surface area is 168 Å². The average Bonchev–Trinajstić information content (AvgIpc) is 3.24. The predicted octanol–water partition coefficient (Wildman–Crippen LogP) is 4.62. The third-order valence-electron chi connectivity index (χ3n) is 4.58. The first kappa shape index (κ1) is 18.3. The Hall–Kier alpha value is -3.06. The summed E-state index contributed by atoms with van der Waals surface area (Å²) in [5, 5.41) is 14.9. The number of nitrogens with zero attached hydrogens (tertiary/aromatic N) is 4. The first-order valence-electron chi connectivity index (χ1n) is 9.13. The summed E-state index contributed by atoms with van der Waals surface area (Å²) >= 11 is 6.16. The zero-order chi connectivity index (χ0) is 19.3. The lowest BCUT2D eigenvalue weighted by molar-refractivity contribution is 0.415. The number of hydrogen-bond acceptors (Lipinski definition) is 7. The van der Waals surface area contributed by atoms with E-state index in [0.29, 0.717) is 22.5 Å². The summed E-state index contributed by atoms with van der Waals surface area (Å²) in [5.41, 5.74) is 2.95. The Morgan fingerprint density at radius 2 is 1.75 bits per heavy atom. The molecule has 0 amide bonds. The molecular formula is C20H21ClN6O. The number of hydrogen-bond donors (Lipinski definition) is 2. The highest BCUT2D eigenvalue weighted by Gasteiger charge is 2.12. The summed E-state index contributed by atoms with van der Waals surface area (Å²) in [6.07, 6.45) is 4.12. The van der Waals surface area contributed by atoms with E-state index in [1.165, 1.54) is 18.5 Å². The van der Waals surface area contributed by atoms with Crippen molar-refractivity contribution in [2.45, 2.75) is 12.8 Å². The second kappa shape index (κ2) is 8.31. The highest BCUT2D eigenvalue weighted by molar-refractivity contribution is 6.32. The Balaban J connectivity index is 1.44. The van der Waals surface area contributed by atoms with Gasteiger partial charge in [-0.3, -0.25) is 0 Å². The highest BCUT2D eigenvalue weighted by Crippen LogP contribution is 2.28. The molecule has 0 bridgehead atoms. The number of methoxy groups -OCH3 is 1. The van der Waals surface area contributed by atoms with Crippen LogP contribution in [0.2, 0.25) is 5.02 Å². The van der Waals surface area contributed by atoms with Gasteiger partial charge in [0, 0.05) is 30.2 Å². The molecule has 1 fully saturated rings. The molecule has 8 heteroatoms. The standard InChI is InChI=1S/C20H21ClN6O/c1-28-18-9-6-15(12-17(18)21)24-20-25-19(13-22-26-20)23-14-4-7-16(8-5-14)27-10-2-3-11-27/h4-9,12-13H,2-3,10-11H2,1H3,(H2,23,24,25,26). The van der Waals surface area contributed by atoms with Gasteiger partial charge in [-0.25, -0.2) is 0 Å². The van der Waals surface area contributed by atoms with Gasteiger partial charge >= 0.3 is 0 Å². The Morgan fingerprint density at radius 1 is 1.00 bits per heavy atom. The smallest absolute Gasteiger partial charge is 0.249 e. The van der Waals surface area contributed by atoms with Crippen LogP contribution in [0.4, 0.5) is 28.8 Å². The van der Waals surface area contributed by atoms with Crippen LogP contribution >= 0.6 is 11.6 Å². The maximum Gasteiger partial charge on any atom is 0.249 e. The first-order chi connectivity index (χ1) is 13.7. The van der Waals surface area contributed by atoms with Crippen molar-refractivity contribution >= 4 is 40.4 Å². The molecule has 2 aromatic carbocycles. The van der Waals surface area contributed by atoms with Gasteiger partial charge in [0.25, 0.3) is 0 Å². The number of aromatic nitrogens is 3. The van der Waals surface area contributed by atoms with Gasteiger partial charge in [-0.1, -0.05) is 11.6 Å². The zero-order valence-corrected chi connectivity index (χ0v) is 16.3. The van der Waals surface area contributed by atoms with E-state index < -0.39 is 0 Å². The predicted molar refractivity (Wildman–Crippen MR) is 112 cm³/mol. The minimum absolute atomic E-state index is 0.375. The molecule has 2 heterocycles. The molecule has 7 nitrogen and oxygen atoms in total. The number of ether oxygens (including phenoxy) is 1. The second-order valence-electron chi connectivity index (χ2n) is 6.51. The van der Waals surface area contributed by atoms with Crippen molar-refractivity contribution in [1.82, 2.24) is 15.2 Å². The van der Waals surface area contributed by atoms with Crippen LogP contribution in [0, 0.1) is 0 Å². The van der Waals surface area contributed by atoms with Gasteiger partial charge in [0.1, 0.15) is 5.75 Å². The van der Waals surface area contributed by atoms with Crippen molar-refractivity contribution in [1.29, 1.82) is 0 Å². The van der Waals surface area contributed by atoms with E-state index in [1.807, 2.05) is 18.2 Å². The molecule has 1 aliphatic heterocycles. The van der Waals surface area contributed by atoms with Crippen LogP contribution in [0.3, 0.4) is 0 Å². The largest absolute Gasteiger partial charge is 0.495 e. The molecule has 3 aromatic rings. The molecular weight excluding hydrogens is 376 g/mol. The van der Waals surface area contributed by atoms with Gasteiger partial charge in [-0.2, -0.15) is 10.1 Å². The van der Waals surface area contributed by atoms with Crippen LogP contribution in [0.5, 0.6) is 5.75 Å². The number of anilines is 5. The Morgan fingerprint density at radius 3 is 2.46 bits per heavy atom. The maximum absolute atomic E-state index is 6.16. The molecule has 0 unspecified atom stereocenters. The Bertz CT molecular complexity index is 944. The highest BCUT2D eigenvalue weighted by atomic mass is 35.5. The number of halogens is 1. The van der Waals surface area contributed by atoms with Crippen molar-refractivity contribution in [2.24, 2.45) is 0 Å². The van der Waals surface area contributed by atoms with Gasteiger partial charge in [-0.15, -0.1) is 5.10 Å². The molecule has 28 heavy (non-hydrogen) atoms. The lowest BCUT2D eigenvalue weighted by Gasteiger charge is -2.17. The SMILES string of the molecule is COc1ccc(Nc2nncc(Nc3ccc(N4CCCC4)cc3)n2)cc1Cl. The third kappa shape index (κ3) is 4.26. The van der Waals surface area contributed by atoms with Gasteiger partial charge in [0.05, 0.1) is 18.3 Å². The average molecular weight is 397 g/mol. The summed E-state index contributed by atoms with van der Waals surface area (Å²) in [4.78, 5) is 6.86. The molecule has 1 saturated heterocycles. The fourth-order valence-corrected chi connectivity index (χ4v) is 3.43. The van der Waals surface area contributed by atoms with Gasteiger partial charge < -0.3 is 20.3 Å². The monoisotopic (exact) mass is 396 g/mol. The summed E-state index contributed by atoms with van der Waals surface area (Å²) in [6.45, 7) is 2.26. The van der Waals surface area contributed by atoms with Gasteiger partial charge in [0.15, 0.2) is 5.82 Å². The number of nitrogens with one attached hydrogen (secondary N) is 2. The third-order valence-corrected chi connectivity index (χ3v) is 4.87. The molecule has 0 saturated carbocycles. The summed E-state index contributed by atoms with van der Waals surface area (Å²) in [5.74, 6) is 1.59. The maximum atomic E-state index is 6.16. The van der Waals surface area contributed by atoms with E-state index >= 15 is 0 Å². The van der Waals surface area contributed by atoms with Crippen molar-refractivity contribution in [3.05, 3.63) is 53.7 Å². The molecule has 0 aliphatic carbocycles. The topological polar surface area (TPSA) is 75.2 Å². The molecule has 1 aromatic heterocycles. The first-order valence-corrected chi connectivity index (χ1v) is 9.51. The quantitative estimate of drug-likeness (QED) is 0.629. The van der Waals surface area contributed by atoms with Crippen LogP contribution in [-0.2, 0) is 0 Å². The molecule has 0 atom stereocenters. The lowest BCUT2D eigenvalue weighted by Crippen LogP contribution is -2.17. The molecule has 4 rings (SSSR count). The van der Waals surface area contributed by atoms with Crippen molar-refractivity contribution < 1.29 is 4.74 Å². The fraction of sp³-hybridized carbons (Fsp3) is 0.250. The van der Waals surface area contributed by atoms with Crippen LogP contribution in [0.15, 0.2) is 48.7 Å². The number of rotatable bonds is 6. The number of benzene rings is 2. The van der Waals surface area contributed by atoms with Crippen molar-refractivity contribution in [2.75, 3.05) is 35.7 Å². The lowest BCUT2D eigenvalue weighted by atomic mass is 10.2. The van der Waals surface area contributed by atoms with E-state index in [4.69, 9.17) is 16.3 Å². The fourth-order valence-electron chi connectivity index (χ4n) is 3.17. The molecule has 144 valence electrons. The van der Waals surface area contributed by atoms with E-state index in [9.17, 15) is 0 Å². The molecule has 2 N–H and O–H groups in total. The van der Waals surface area contributed by atoms with Gasteiger partial charge in [0.2, 0.25) is 5.95 Å². The van der Waals surface area contributed by atoms with Crippen LogP contribution in [0.1, 0.15) is 12.8 Å². The second-order valence-corrected chi connectivity index (χ2v) is 6.91. The normalized spacial score (nSPS) is 13.4. The van der Waals surface area contributed by atoms with E-state index in [0.717, 1.165) is 24.5 Å². The zero-order valence-electron chi connectivity index (χ0n) is 15.5. The van der Waals surface area contributed by atoms with E-state index in [-0.39, 0.29) is 0 Å². The van der Waals surface area contributed by atoms with E-state index in [2.05, 4.69) is 42.8 Å². The van der Waals surface area contributed by atoms with Crippen molar-refractivity contribution in [3.63, 3.8) is 0 Å². The molecule has 0 radical (unpaired) electrons. The minimum atomic E-state index is 0.375.